The lowest BCUT2D eigenvalue weighted by Gasteiger charge is -2.01. The smallest absolute Gasteiger partial charge is 0.257 e. The van der Waals surface area contributed by atoms with Crippen LogP contribution in [-0.4, -0.2) is 15.9 Å². The Bertz CT molecular complexity index is 925. The average Bonchev–Trinajstić information content (AvgIpc) is 3.11. The molecule has 21 heavy (non-hydrogen) atoms. The molecule has 2 heterocycles. The van der Waals surface area contributed by atoms with E-state index < -0.39 is 0 Å². The van der Waals surface area contributed by atoms with Crippen LogP contribution in [0.25, 0.3) is 20.4 Å². The number of nitrogens with one attached hydrogen (secondary N) is 1. The Hall–Kier alpha value is -2.31. The van der Waals surface area contributed by atoms with Gasteiger partial charge >= 0.3 is 0 Å². The van der Waals surface area contributed by atoms with Crippen LogP contribution in [0.3, 0.4) is 0 Å². The van der Waals surface area contributed by atoms with Gasteiger partial charge in [0.05, 0.1) is 25.9 Å². The normalized spacial score (nSPS) is 11.0. The zero-order valence-electron chi connectivity index (χ0n) is 10.7. The molecule has 0 aliphatic heterocycles. The highest BCUT2D eigenvalue weighted by atomic mass is 32.1. The maximum atomic E-state index is 12.3. The van der Waals surface area contributed by atoms with Crippen molar-refractivity contribution in [3.8, 4) is 0 Å². The maximum absolute atomic E-state index is 12.3. The second kappa shape index (κ2) is 4.91. The molecule has 0 saturated heterocycles. The summed E-state index contributed by atoms with van der Waals surface area (Å²) in [5.41, 5.74) is 4.21. The van der Waals surface area contributed by atoms with Gasteiger partial charge in [-0.1, -0.05) is 23.5 Å². The lowest BCUT2D eigenvalue weighted by atomic mass is 10.2. The molecule has 0 bridgehead atoms. The second-order valence-electron chi connectivity index (χ2n) is 4.48. The minimum Gasteiger partial charge on any atom is -0.298 e. The summed E-state index contributed by atoms with van der Waals surface area (Å²) in [5, 5.41) is 3.47. The van der Waals surface area contributed by atoms with Crippen molar-refractivity contribution in [3.05, 3.63) is 53.5 Å². The van der Waals surface area contributed by atoms with E-state index in [1.165, 1.54) is 22.7 Å². The van der Waals surface area contributed by atoms with E-state index in [9.17, 15) is 4.79 Å². The molecule has 0 atom stereocenters. The molecule has 4 rings (SSSR count). The number of thiazole rings is 2. The number of para-hydroxylation sites is 1. The number of fused-ring (bicyclic) bond motifs is 2. The fourth-order valence-electron chi connectivity index (χ4n) is 2.09. The van der Waals surface area contributed by atoms with E-state index in [4.69, 9.17) is 0 Å². The average molecular weight is 311 g/mol. The van der Waals surface area contributed by atoms with Crippen molar-refractivity contribution in [2.45, 2.75) is 0 Å². The summed E-state index contributed by atoms with van der Waals surface area (Å²) < 4.78 is 2.07. The quantitative estimate of drug-likeness (QED) is 0.605. The minimum absolute atomic E-state index is 0.149. The molecule has 1 amide bonds. The Balaban J connectivity index is 1.64. The van der Waals surface area contributed by atoms with E-state index in [1.54, 1.807) is 11.6 Å². The van der Waals surface area contributed by atoms with E-state index in [1.807, 2.05) is 36.4 Å². The molecular weight excluding hydrogens is 302 g/mol. The van der Waals surface area contributed by atoms with Crippen molar-refractivity contribution in [1.29, 1.82) is 0 Å². The van der Waals surface area contributed by atoms with Crippen LogP contribution in [0.5, 0.6) is 0 Å². The predicted molar refractivity (Wildman–Crippen MR) is 87.2 cm³/mol. The zero-order valence-corrected chi connectivity index (χ0v) is 12.4. The lowest BCUT2D eigenvalue weighted by molar-refractivity contribution is 0.102. The molecule has 0 spiro atoms. The molecule has 2 aromatic carbocycles. The molecule has 0 fully saturated rings. The van der Waals surface area contributed by atoms with Gasteiger partial charge in [0.2, 0.25) is 0 Å². The van der Waals surface area contributed by atoms with Gasteiger partial charge in [-0.15, -0.1) is 11.3 Å². The largest absolute Gasteiger partial charge is 0.298 e. The van der Waals surface area contributed by atoms with Crippen LogP contribution in [0.4, 0.5) is 5.13 Å². The number of rotatable bonds is 2. The number of hydrogen-bond donors (Lipinski definition) is 1. The molecule has 102 valence electrons. The van der Waals surface area contributed by atoms with Crippen LogP contribution >= 0.6 is 22.7 Å². The highest BCUT2D eigenvalue weighted by molar-refractivity contribution is 7.22. The van der Waals surface area contributed by atoms with Crippen molar-refractivity contribution in [3.63, 3.8) is 0 Å². The first-order valence-corrected chi connectivity index (χ1v) is 7.99. The number of nitrogens with zero attached hydrogens (tertiary/aromatic N) is 2. The molecule has 1 N–H and O–H groups in total. The summed E-state index contributed by atoms with van der Waals surface area (Å²) in [5.74, 6) is -0.149. The van der Waals surface area contributed by atoms with Crippen molar-refractivity contribution < 1.29 is 4.79 Å². The monoisotopic (exact) mass is 311 g/mol. The van der Waals surface area contributed by atoms with Crippen LogP contribution in [0.2, 0.25) is 0 Å². The number of benzene rings is 2. The third-order valence-corrected chi connectivity index (χ3v) is 4.85. The summed E-state index contributed by atoms with van der Waals surface area (Å²) >= 11 is 3.00. The molecule has 2 aromatic heterocycles. The van der Waals surface area contributed by atoms with E-state index in [-0.39, 0.29) is 5.91 Å². The van der Waals surface area contributed by atoms with Crippen molar-refractivity contribution in [1.82, 2.24) is 9.97 Å². The zero-order chi connectivity index (χ0) is 14.2. The number of hydrogen-bond acceptors (Lipinski definition) is 5. The Kier molecular flexibility index (Phi) is 2.90. The third kappa shape index (κ3) is 2.28. The van der Waals surface area contributed by atoms with E-state index >= 15 is 0 Å². The van der Waals surface area contributed by atoms with Crippen molar-refractivity contribution in [2.24, 2.45) is 0 Å². The summed E-state index contributed by atoms with van der Waals surface area (Å²) in [6.07, 6.45) is 0. The fourth-order valence-corrected chi connectivity index (χ4v) is 3.67. The molecule has 0 unspecified atom stereocenters. The van der Waals surface area contributed by atoms with Gasteiger partial charge < -0.3 is 0 Å². The summed E-state index contributed by atoms with van der Waals surface area (Å²) in [4.78, 5) is 20.9. The standard InChI is InChI=1S/C15H9N3OS2/c19-14(9-5-6-10-13(7-9)20-8-16-10)18-15-17-11-3-1-2-4-12(11)21-15/h1-8H,(H,17,18,19). The highest BCUT2D eigenvalue weighted by Gasteiger charge is 2.10. The van der Waals surface area contributed by atoms with Crippen LogP contribution in [-0.2, 0) is 0 Å². The van der Waals surface area contributed by atoms with Gasteiger partial charge in [-0.3, -0.25) is 10.1 Å². The van der Waals surface area contributed by atoms with Crippen molar-refractivity contribution >= 4 is 54.1 Å². The molecule has 6 heteroatoms. The fraction of sp³-hybridized carbons (Fsp3) is 0. The summed E-state index contributed by atoms with van der Waals surface area (Å²) in [6, 6.07) is 13.3. The molecule has 0 aliphatic rings. The first-order chi connectivity index (χ1) is 10.3. The number of carbonyl (C=O) groups is 1. The van der Waals surface area contributed by atoms with Gasteiger partial charge in [-0.25, -0.2) is 9.97 Å². The van der Waals surface area contributed by atoms with Gasteiger partial charge in [-0.2, -0.15) is 0 Å². The molecule has 0 radical (unpaired) electrons. The predicted octanol–water partition coefficient (Wildman–Crippen LogP) is 4.16. The molecule has 0 aliphatic carbocycles. The Morgan fingerprint density at radius 1 is 1.05 bits per heavy atom. The molecule has 4 nitrogen and oxygen atoms in total. The van der Waals surface area contributed by atoms with E-state index in [0.29, 0.717) is 10.7 Å². The number of aromatic nitrogens is 2. The third-order valence-electron chi connectivity index (χ3n) is 3.11. The topological polar surface area (TPSA) is 54.9 Å². The first kappa shape index (κ1) is 12.4. The van der Waals surface area contributed by atoms with Gasteiger partial charge in [0.15, 0.2) is 5.13 Å². The number of anilines is 1. The summed E-state index contributed by atoms with van der Waals surface area (Å²) in [6.45, 7) is 0. The van der Waals surface area contributed by atoms with E-state index in [0.717, 1.165) is 20.4 Å². The molecule has 4 aromatic rings. The Morgan fingerprint density at radius 3 is 2.86 bits per heavy atom. The SMILES string of the molecule is O=C(Nc1nc2ccccc2s1)c1ccc2ncsc2c1. The minimum atomic E-state index is -0.149. The maximum Gasteiger partial charge on any atom is 0.257 e. The number of amides is 1. The van der Waals surface area contributed by atoms with Crippen LogP contribution < -0.4 is 5.32 Å². The first-order valence-electron chi connectivity index (χ1n) is 6.30. The van der Waals surface area contributed by atoms with Gasteiger partial charge in [-0.05, 0) is 30.3 Å². The van der Waals surface area contributed by atoms with E-state index in [2.05, 4.69) is 15.3 Å². The lowest BCUT2D eigenvalue weighted by Crippen LogP contribution is -2.11. The van der Waals surface area contributed by atoms with Crippen molar-refractivity contribution in [2.75, 3.05) is 5.32 Å². The summed E-state index contributed by atoms with van der Waals surface area (Å²) in [7, 11) is 0. The van der Waals surface area contributed by atoms with Crippen LogP contribution in [0.15, 0.2) is 48.0 Å². The van der Waals surface area contributed by atoms with Crippen LogP contribution in [0, 0.1) is 0 Å². The Morgan fingerprint density at radius 2 is 1.95 bits per heavy atom. The Labute approximate surface area is 128 Å². The number of carbonyl (C=O) groups excluding carboxylic acids is 1. The molecule has 0 saturated carbocycles. The molecular formula is C15H9N3OS2. The second-order valence-corrected chi connectivity index (χ2v) is 6.39. The van der Waals surface area contributed by atoms with Gasteiger partial charge in [0, 0.05) is 5.56 Å². The van der Waals surface area contributed by atoms with Gasteiger partial charge in [0.1, 0.15) is 0 Å². The van der Waals surface area contributed by atoms with Gasteiger partial charge in [0.25, 0.3) is 5.91 Å². The van der Waals surface area contributed by atoms with Crippen LogP contribution in [0.1, 0.15) is 10.4 Å². The highest BCUT2D eigenvalue weighted by Crippen LogP contribution is 2.26.